The first-order valence-electron chi connectivity index (χ1n) is 5.15. The molecule has 0 amide bonds. The third-order valence-corrected chi connectivity index (χ3v) is 2.20. The third kappa shape index (κ3) is 3.05. The highest BCUT2D eigenvalue weighted by Gasteiger charge is 2.10. The van der Waals surface area contributed by atoms with Crippen LogP contribution in [-0.4, -0.2) is 18.7 Å². The molecule has 0 saturated heterocycles. The Hall–Kier alpha value is -1.39. The Balaban J connectivity index is 2.95. The van der Waals surface area contributed by atoms with Gasteiger partial charge >= 0.3 is 0 Å². The van der Waals surface area contributed by atoms with Crippen LogP contribution in [0, 0.1) is 6.92 Å². The summed E-state index contributed by atoms with van der Waals surface area (Å²) in [6.45, 7) is 6.93. The fourth-order valence-corrected chi connectivity index (χ4v) is 1.50. The number of nitrogens with two attached hydrogens (primary N) is 1. The average molecular weight is 222 g/mol. The second-order valence-electron chi connectivity index (χ2n) is 3.42. The van der Waals surface area contributed by atoms with E-state index in [1.165, 1.54) is 0 Å². The Morgan fingerprint density at radius 2 is 2.31 bits per heavy atom. The molecule has 2 N–H and O–H groups in total. The van der Waals surface area contributed by atoms with Gasteiger partial charge in [0.05, 0.1) is 20.3 Å². The molecule has 0 fully saturated rings. The first-order chi connectivity index (χ1) is 7.72. The van der Waals surface area contributed by atoms with Crippen molar-refractivity contribution < 1.29 is 9.47 Å². The minimum Gasteiger partial charge on any atom is -0.481 e. The summed E-state index contributed by atoms with van der Waals surface area (Å²) in [6, 6.07) is 1.97. The maximum Gasteiger partial charge on any atom is 0.218 e. The van der Waals surface area contributed by atoms with Gasteiger partial charge in [0.1, 0.15) is 0 Å². The molecule has 0 unspecified atom stereocenters. The number of pyridine rings is 1. The zero-order chi connectivity index (χ0) is 12.0. The van der Waals surface area contributed by atoms with E-state index in [-0.39, 0.29) is 0 Å². The molecule has 88 valence electrons. The average Bonchev–Trinajstić information content (AvgIpc) is 2.28. The van der Waals surface area contributed by atoms with Crippen molar-refractivity contribution in [2.45, 2.75) is 20.1 Å². The van der Waals surface area contributed by atoms with Gasteiger partial charge in [-0.2, -0.15) is 0 Å². The predicted octanol–water partition coefficient (Wildman–Crippen LogP) is 1.56. The first kappa shape index (κ1) is 12.7. The van der Waals surface area contributed by atoms with Crippen LogP contribution in [0.1, 0.15) is 16.8 Å². The Labute approximate surface area is 96.1 Å². The summed E-state index contributed by atoms with van der Waals surface area (Å²) in [5.74, 6) is 0.583. The zero-order valence-electron chi connectivity index (χ0n) is 9.82. The number of ether oxygens (including phenoxy) is 2. The van der Waals surface area contributed by atoms with Crippen molar-refractivity contribution in [2.75, 3.05) is 13.7 Å². The molecule has 0 radical (unpaired) electrons. The second-order valence-corrected chi connectivity index (χ2v) is 3.42. The fourth-order valence-electron chi connectivity index (χ4n) is 1.50. The Morgan fingerprint density at radius 3 is 2.88 bits per heavy atom. The maximum atomic E-state index is 5.69. The smallest absolute Gasteiger partial charge is 0.218 e. The van der Waals surface area contributed by atoms with Crippen LogP contribution in [0.2, 0.25) is 0 Å². The SMILES string of the molecule is C=CCOCc1cc(C)nc(OC)c1CN. The van der Waals surface area contributed by atoms with E-state index in [1.807, 2.05) is 13.0 Å². The molecule has 4 heteroatoms. The Morgan fingerprint density at radius 1 is 1.56 bits per heavy atom. The molecule has 1 aromatic rings. The molecule has 0 aliphatic rings. The number of hydrogen-bond acceptors (Lipinski definition) is 4. The normalized spacial score (nSPS) is 10.2. The molecular formula is C12H18N2O2. The van der Waals surface area contributed by atoms with Crippen LogP contribution in [0.5, 0.6) is 5.88 Å². The quantitative estimate of drug-likeness (QED) is 0.586. The zero-order valence-corrected chi connectivity index (χ0v) is 9.82. The van der Waals surface area contributed by atoms with Crippen molar-refractivity contribution in [1.82, 2.24) is 4.98 Å². The van der Waals surface area contributed by atoms with E-state index in [9.17, 15) is 0 Å². The van der Waals surface area contributed by atoms with Gasteiger partial charge in [0, 0.05) is 17.8 Å². The summed E-state index contributed by atoms with van der Waals surface area (Å²) in [6.07, 6.45) is 1.72. The molecule has 0 atom stereocenters. The Bertz CT molecular complexity index is 364. The summed E-state index contributed by atoms with van der Waals surface area (Å²) in [5.41, 5.74) is 8.50. The molecule has 0 bridgehead atoms. The van der Waals surface area contributed by atoms with E-state index in [0.717, 1.165) is 16.8 Å². The van der Waals surface area contributed by atoms with E-state index in [0.29, 0.717) is 25.6 Å². The van der Waals surface area contributed by atoms with Crippen LogP contribution in [0.15, 0.2) is 18.7 Å². The third-order valence-electron chi connectivity index (χ3n) is 2.20. The van der Waals surface area contributed by atoms with Gasteiger partial charge in [0.2, 0.25) is 5.88 Å². The van der Waals surface area contributed by atoms with E-state index in [4.69, 9.17) is 15.2 Å². The van der Waals surface area contributed by atoms with E-state index < -0.39 is 0 Å². The molecule has 0 saturated carbocycles. The molecule has 1 aromatic heterocycles. The first-order valence-corrected chi connectivity index (χ1v) is 5.15. The fraction of sp³-hybridized carbons (Fsp3) is 0.417. The van der Waals surface area contributed by atoms with Crippen LogP contribution >= 0.6 is 0 Å². The lowest BCUT2D eigenvalue weighted by Crippen LogP contribution is -2.08. The summed E-state index contributed by atoms with van der Waals surface area (Å²) in [5, 5.41) is 0. The number of hydrogen-bond donors (Lipinski definition) is 1. The molecule has 16 heavy (non-hydrogen) atoms. The van der Waals surface area contributed by atoms with Gasteiger partial charge in [-0.25, -0.2) is 4.98 Å². The van der Waals surface area contributed by atoms with Gasteiger partial charge in [-0.3, -0.25) is 0 Å². The molecule has 0 aromatic carbocycles. The lowest BCUT2D eigenvalue weighted by molar-refractivity contribution is 0.148. The lowest BCUT2D eigenvalue weighted by Gasteiger charge is -2.12. The van der Waals surface area contributed by atoms with Crippen LogP contribution < -0.4 is 10.5 Å². The largest absolute Gasteiger partial charge is 0.481 e. The summed E-state index contributed by atoms with van der Waals surface area (Å²) in [4.78, 5) is 4.27. The highest BCUT2D eigenvalue weighted by molar-refractivity contribution is 5.36. The van der Waals surface area contributed by atoms with E-state index in [1.54, 1.807) is 13.2 Å². The van der Waals surface area contributed by atoms with Gasteiger partial charge < -0.3 is 15.2 Å². The van der Waals surface area contributed by atoms with Gasteiger partial charge in [-0.15, -0.1) is 6.58 Å². The number of methoxy groups -OCH3 is 1. The summed E-state index contributed by atoms with van der Waals surface area (Å²) < 4.78 is 10.6. The van der Waals surface area contributed by atoms with E-state index in [2.05, 4.69) is 11.6 Å². The van der Waals surface area contributed by atoms with Crippen molar-refractivity contribution in [3.63, 3.8) is 0 Å². The molecule has 0 spiro atoms. The standard InChI is InChI=1S/C12H18N2O2/c1-4-5-16-8-10-6-9(2)14-12(15-3)11(10)7-13/h4,6H,1,5,7-8,13H2,2-3H3. The molecule has 1 rings (SSSR count). The van der Waals surface area contributed by atoms with Crippen molar-refractivity contribution >= 4 is 0 Å². The Kier molecular flexibility index (Phi) is 4.95. The molecule has 4 nitrogen and oxygen atoms in total. The molecule has 1 heterocycles. The minimum atomic E-state index is 0.392. The molecule has 0 aliphatic heterocycles. The van der Waals surface area contributed by atoms with Crippen LogP contribution in [-0.2, 0) is 17.9 Å². The lowest BCUT2D eigenvalue weighted by atomic mass is 10.1. The second kappa shape index (κ2) is 6.25. The monoisotopic (exact) mass is 222 g/mol. The topological polar surface area (TPSA) is 57.4 Å². The van der Waals surface area contributed by atoms with Crippen LogP contribution in [0.4, 0.5) is 0 Å². The van der Waals surface area contributed by atoms with Gasteiger partial charge in [0.25, 0.3) is 0 Å². The van der Waals surface area contributed by atoms with Crippen molar-refractivity contribution in [2.24, 2.45) is 5.73 Å². The van der Waals surface area contributed by atoms with Gasteiger partial charge in [0.15, 0.2) is 0 Å². The molecule has 0 aliphatic carbocycles. The van der Waals surface area contributed by atoms with Crippen LogP contribution in [0.3, 0.4) is 0 Å². The van der Waals surface area contributed by atoms with Crippen LogP contribution in [0.25, 0.3) is 0 Å². The maximum absolute atomic E-state index is 5.69. The predicted molar refractivity (Wildman–Crippen MR) is 63.3 cm³/mol. The summed E-state index contributed by atoms with van der Waals surface area (Å²) in [7, 11) is 1.59. The minimum absolute atomic E-state index is 0.392. The number of aryl methyl sites for hydroxylation is 1. The van der Waals surface area contributed by atoms with Gasteiger partial charge in [-0.1, -0.05) is 6.08 Å². The number of rotatable bonds is 6. The van der Waals surface area contributed by atoms with Crippen molar-refractivity contribution in [3.8, 4) is 5.88 Å². The van der Waals surface area contributed by atoms with Gasteiger partial charge in [-0.05, 0) is 18.6 Å². The number of aromatic nitrogens is 1. The number of nitrogens with zero attached hydrogens (tertiary/aromatic N) is 1. The van der Waals surface area contributed by atoms with Crippen molar-refractivity contribution in [1.29, 1.82) is 0 Å². The summed E-state index contributed by atoms with van der Waals surface area (Å²) >= 11 is 0. The highest BCUT2D eigenvalue weighted by Crippen LogP contribution is 2.21. The molecular weight excluding hydrogens is 204 g/mol. The van der Waals surface area contributed by atoms with E-state index >= 15 is 0 Å². The highest BCUT2D eigenvalue weighted by atomic mass is 16.5. The van der Waals surface area contributed by atoms with Crippen molar-refractivity contribution in [3.05, 3.63) is 35.5 Å².